The lowest BCUT2D eigenvalue weighted by atomic mass is 9.90. The number of para-hydroxylation sites is 1. The molecule has 4 aromatic rings. The normalized spacial score (nSPS) is 12.1. The Balaban J connectivity index is 1.62. The molecule has 0 atom stereocenters. The van der Waals surface area contributed by atoms with Gasteiger partial charge in [-0.2, -0.15) is 0 Å². The van der Waals surface area contributed by atoms with Crippen LogP contribution in [0.15, 0.2) is 66.9 Å². The van der Waals surface area contributed by atoms with Crippen LogP contribution in [0.25, 0.3) is 11.3 Å². The summed E-state index contributed by atoms with van der Waals surface area (Å²) in [6.45, 7) is 4.84. The molecule has 0 amide bonds. The molecule has 5 rings (SSSR count). The van der Waals surface area contributed by atoms with Gasteiger partial charge in [0.2, 0.25) is 5.95 Å². The Hall–Kier alpha value is -3.93. The van der Waals surface area contributed by atoms with Crippen molar-refractivity contribution in [3.05, 3.63) is 94.9 Å². The first-order chi connectivity index (χ1) is 16.2. The van der Waals surface area contributed by atoms with Crippen molar-refractivity contribution in [2.75, 3.05) is 11.9 Å². The van der Waals surface area contributed by atoms with Crippen LogP contribution in [0.1, 0.15) is 39.8 Å². The lowest BCUT2D eigenvalue weighted by Crippen LogP contribution is -2.16. The maximum absolute atomic E-state index is 13.1. The largest absolute Gasteiger partial charge is 0.461 e. The van der Waals surface area contributed by atoms with Crippen molar-refractivity contribution >= 4 is 17.6 Å². The van der Waals surface area contributed by atoms with Gasteiger partial charge in [-0.15, -0.1) is 0 Å². The smallest absolute Gasteiger partial charge is 0.355 e. The third-order valence-electron chi connectivity index (χ3n) is 6.05. The van der Waals surface area contributed by atoms with E-state index < -0.39 is 0 Å². The van der Waals surface area contributed by atoms with Gasteiger partial charge in [0.1, 0.15) is 5.69 Å². The number of aryl methyl sites for hydroxylation is 1. The van der Waals surface area contributed by atoms with Crippen molar-refractivity contribution in [3.8, 4) is 11.3 Å². The second-order valence-corrected chi connectivity index (χ2v) is 8.14. The summed E-state index contributed by atoms with van der Waals surface area (Å²) in [4.78, 5) is 22.5. The molecule has 1 aliphatic carbocycles. The number of nitrogens with one attached hydrogen (secondary N) is 1. The maximum atomic E-state index is 13.1. The Morgan fingerprint density at radius 3 is 2.52 bits per heavy atom. The molecule has 33 heavy (non-hydrogen) atoms. The van der Waals surface area contributed by atoms with Gasteiger partial charge in [0.25, 0.3) is 0 Å². The number of benzene rings is 2. The van der Waals surface area contributed by atoms with Crippen LogP contribution in [0.3, 0.4) is 0 Å². The van der Waals surface area contributed by atoms with E-state index >= 15 is 0 Å². The maximum Gasteiger partial charge on any atom is 0.355 e. The highest BCUT2D eigenvalue weighted by Gasteiger charge is 2.31. The average molecular weight is 439 g/mol. The molecule has 6 heteroatoms. The number of ether oxygens (including phenoxy) is 1. The summed E-state index contributed by atoms with van der Waals surface area (Å²) in [7, 11) is 0. The zero-order chi connectivity index (χ0) is 22.8. The first kappa shape index (κ1) is 20.9. The minimum absolute atomic E-state index is 0.280. The quantitative estimate of drug-likeness (QED) is 0.413. The monoisotopic (exact) mass is 438 g/mol. The van der Waals surface area contributed by atoms with Crippen LogP contribution in [0.2, 0.25) is 0 Å². The minimum atomic E-state index is -0.280. The molecule has 0 aliphatic heterocycles. The van der Waals surface area contributed by atoms with Crippen LogP contribution >= 0.6 is 0 Å². The highest BCUT2D eigenvalue weighted by Crippen LogP contribution is 2.39. The molecule has 2 heterocycles. The topological polar surface area (TPSA) is 69.0 Å². The summed E-state index contributed by atoms with van der Waals surface area (Å²) in [5.41, 5.74) is 7.73. The first-order valence-electron chi connectivity index (χ1n) is 11.3. The number of anilines is 2. The Labute approximate surface area is 193 Å². The second kappa shape index (κ2) is 8.90. The summed E-state index contributed by atoms with van der Waals surface area (Å²) < 4.78 is 7.55. The molecule has 1 aliphatic rings. The van der Waals surface area contributed by atoms with Crippen LogP contribution in [0.5, 0.6) is 0 Å². The lowest BCUT2D eigenvalue weighted by molar-refractivity contribution is 0.0512. The number of fused-ring (bicyclic) bond motifs is 3. The van der Waals surface area contributed by atoms with Crippen molar-refractivity contribution in [2.24, 2.45) is 0 Å². The Morgan fingerprint density at radius 2 is 1.79 bits per heavy atom. The van der Waals surface area contributed by atoms with Gasteiger partial charge in [-0.3, -0.25) is 0 Å². The van der Waals surface area contributed by atoms with Crippen LogP contribution in [0.4, 0.5) is 11.6 Å². The van der Waals surface area contributed by atoms with E-state index in [4.69, 9.17) is 9.72 Å². The standard InChI is InChI=1S/C27H26N4O2/c1-3-33-26(32)25-22-15-14-20-16-28-27(29-21-12-8-5-9-13-21)30-24(20)23(22)18(2)31(25)17-19-10-6-4-7-11-19/h4-13,16H,3,14-15,17H2,1-2H3,(H,28,29,30). The molecule has 0 bridgehead atoms. The fraction of sp³-hybridized carbons (Fsp3) is 0.222. The van der Waals surface area contributed by atoms with Crippen LogP contribution in [-0.2, 0) is 24.1 Å². The lowest BCUT2D eigenvalue weighted by Gasteiger charge is -2.17. The zero-order valence-electron chi connectivity index (χ0n) is 18.8. The molecule has 2 aromatic carbocycles. The molecule has 0 saturated carbocycles. The van der Waals surface area contributed by atoms with E-state index in [0.29, 0.717) is 24.8 Å². The number of carbonyl (C=O) groups excluding carboxylic acids is 1. The summed E-state index contributed by atoms with van der Waals surface area (Å²) >= 11 is 0. The summed E-state index contributed by atoms with van der Waals surface area (Å²) in [6.07, 6.45) is 3.44. The zero-order valence-corrected chi connectivity index (χ0v) is 18.8. The molecule has 166 valence electrons. The molecular formula is C27H26N4O2. The molecular weight excluding hydrogens is 412 g/mol. The first-order valence-corrected chi connectivity index (χ1v) is 11.3. The van der Waals surface area contributed by atoms with Gasteiger partial charge in [0.15, 0.2) is 0 Å². The predicted octanol–water partition coefficient (Wildman–Crippen LogP) is 5.32. The van der Waals surface area contributed by atoms with E-state index in [2.05, 4.69) is 33.9 Å². The molecule has 0 fully saturated rings. The average Bonchev–Trinajstić information content (AvgIpc) is 3.12. The predicted molar refractivity (Wildman–Crippen MR) is 129 cm³/mol. The van der Waals surface area contributed by atoms with Crippen molar-refractivity contribution < 1.29 is 9.53 Å². The number of nitrogens with zero attached hydrogens (tertiary/aromatic N) is 3. The van der Waals surface area contributed by atoms with Crippen molar-refractivity contribution in [3.63, 3.8) is 0 Å². The van der Waals surface area contributed by atoms with Gasteiger partial charge in [0.05, 0.1) is 12.3 Å². The van der Waals surface area contributed by atoms with Crippen LogP contribution in [0, 0.1) is 6.92 Å². The van der Waals surface area contributed by atoms with Crippen molar-refractivity contribution in [2.45, 2.75) is 33.2 Å². The van der Waals surface area contributed by atoms with Crippen LogP contribution in [-0.4, -0.2) is 27.1 Å². The van der Waals surface area contributed by atoms with E-state index in [1.54, 1.807) is 0 Å². The number of hydrogen-bond acceptors (Lipinski definition) is 5. The minimum Gasteiger partial charge on any atom is -0.461 e. The molecule has 0 spiro atoms. The van der Waals surface area contributed by atoms with E-state index in [9.17, 15) is 4.79 Å². The Morgan fingerprint density at radius 1 is 1.06 bits per heavy atom. The molecule has 6 nitrogen and oxygen atoms in total. The SMILES string of the molecule is CCOC(=O)c1c2c(c(C)n1Cc1ccccc1)-c1nc(Nc3ccccc3)ncc1CC2. The van der Waals surface area contributed by atoms with Gasteiger partial charge in [-0.25, -0.2) is 14.8 Å². The number of aromatic nitrogens is 3. The highest BCUT2D eigenvalue weighted by atomic mass is 16.5. The Bertz CT molecular complexity index is 1300. The number of hydrogen-bond donors (Lipinski definition) is 1. The Kier molecular flexibility index (Phi) is 5.65. The summed E-state index contributed by atoms with van der Waals surface area (Å²) in [5, 5.41) is 3.29. The van der Waals surface area contributed by atoms with E-state index in [0.717, 1.165) is 52.2 Å². The summed E-state index contributed by atoms with van der Waals surface area (Å²) in [5.74, 6) is 0.263. The van der Waals surface area contributed by atoms with E-state index in [1.807, 2.05) is 61.7 Å². The highest BCUT2D eigenvalue weighted by molar-refractivity contribution is 5.94. The van der Waals surface area contributed by atoms with Gasteiger partial charge in [-0.1, -0.05) is 48.5 Å². The molecule has 0 unspecified atom stereocenters. The van der Waals surface area contributed by atoms with Gasteiger partial charge in [-0.05, 0) is 55.5 Å². The van der Waals surface area contributed by atoms with Crippen LogP contribution < -0.4 is 5.32 Å². The van der Waals surface area contributed by atoms with Crippen molar-refractivity contribution in [1.82, 2.24) is 14.5 Å². The second-order valence-electron chi connectivity index (χ2n) is 8.14. The number of rotatable bonds is 6. The molecule has 1 N–H and O–H groups in total. The number of esters is 1. The summed E-state index contributed by atoms with van der Waals surface area (Å²) in [6, 6.07) is 20.1. The van der Waals surface area contributed by atoms with E-state index in [1.165, 1.54) is 0 Å². The third kappa shape index (κ3) is 4.00. The fourth-order valence-electron chi connectivity index (χ4n) is 4.53. The third-order valence-corrected chi connectivity index (χ3v) is 6.05. The van der Waals surface area contributed by atoms with E-state index in [-0.39, 0.29) is 5.97 Å². The van der Waals surface area contributed by atoms with Gasteiger partial charge in [0, 0.05) is 29.7 Å². The molecule has 0 radical (unpaired) electrons. The van der Waals surface area contributed by atoms with Gasteiger partial charge >= 0.3 is 5.97 Å². The fourth-order valence-corrected chi connectivity index (χ4v) is 4.53. The number of carbonyl (C=O) groups is 1. The van der Waals surface area contributed by atoms with Gasteiger partial charge < -0.3 is 14.6 Å². The van der Waals surface area contributed by atoms with Crippen molar-refractivity contribution in [1.29, 1.82) is 0 Å². The molecule has 2 aromatic heterocycles. The molecule has 0 saturated heterocycles.